The molecular weight excluding hydrogens is 1410 g/mol. The predicted molar refractivity (Wildman–Crippen MR) is 432 cm³/mol. The molecular formula is C85H106ClFN8O14. The number of rotatable bonds is 25. The normalized spacial score (nSPS) is 12.7. The zero-order valence-electron chi connectivity index (χ0n) is 66.0. The van der Waals surface area contributed by atoms with E-state index in [1.807, 2.05) is 66.7 Å². The molecule has 1 fully saturated rings. The lowest BCUT2D eigenvalue weighted by molar-refractivity contribution is -0.133. The quantitative estimate of drug-likeness (QED) is 0.0208. The first-order chi connectivity index (χ1) is 52.7. The number of benzene rings is 6. The number of amides is 2. The first-order valence-electron chi connectivity index (χ1n) is 36.7. The van der Waals surface area contributed by atoms with Crippen molar-refractivity contribution in [2.45, 2.75) is 108 Å². The van der Waals surface area contributed by atoms with Crippen molar-refractivity contribution in [1.82, 2.24) is 14.9 Å². The second kappa shape index (κ2) is 47.4. The van der Waals surface area contributed by atoms with Crippen molar-refractivity contribution in [2.75, 3.05) is 104 Å². The van der Waals surface area contributed by atoms with Gasteiger partial charge in [0.2, 0.25) is 11.8 Å². The number of halogens is 2. The molecule has 6 aromatic carbocycles. The van der Waals surface area contributed by atoms with Crippen molar-refractivity contribution in [3.63, 3.8) is 0 Å². The molecule has 8 aromatic rings. The van der Waals surface area contributed by atoms with Crippen molar-refractivity contribution >= 4 is 85.2 Å². The van der Waals surface area contributed by atoms with Gasteiger partial charge < -0.3 is 63.9 Å². The van der Waals surface area contributed by atoms with Gasteiger partial charge in [-0.3, -0.25) is 43.5 Å². The molecule has 5 heterocycles. The number of pyridine rings is 2. The number of carbonyl (C=O) groups is 5. The maximum Gasteiger partial charge on any atom is 0.409 e. The van der Waals surface area contributed by atoms with Crippen LogP contribution in [0, 0.1) is 10.8 Å². The summed E-state index contributed by atoms with van der Waals surface area (Å²) in [6, 6.07) is 42.9. The van der Waals surface area contributed by atoms with E-state index < -0.39 is 12.6 Å². The molecule has 2 aromatic heterocycles. The fourth-order valence-electron chi connectivity index (χ4n) is 10.4. The Morgan fingerprint density at radius 1 is 0.560 bits per heavy atom. The Morgan fingerprint density at radius 2 is 0.991 bits per heavy atom. The molecule has 3 aliphatic rings. The summed E-state index contributed by atoms with van der Waals surface area (Å²) in [4.78, 5) is 78.7. The van der Waals surface area contributed by atoms with Gasteiger partial charge in [-0.2, -0.15) is 0 Å². The smallest absolute Gasteiger partial charge is 0.409 e. The second-order valence-corrected chi connectivity index (χ2v) is 27.1. The molecule has 0 spiro atoms. The van der Waals surface area contributed by atoms with E-state index in [9.17, 15) is 28.4 Å². The number of ketones is 1. The summed E-state index contributed by atoms with van der Waals surface area (Å²) in [6.45, 7) is 30.6. The Morgan fingerprint density at radius 3 is 1.35 bits per heavy atom. The number of ether oxygens (including phenoxy) is 9. The van der Waals surface area contributed by atoms with Gasteiger partial charge in [0.25, 0.3) is 0 Å². The fourth-order valence-corrected chi connectivity index (χ4v) is 10.5. The minimum absolute atomic E-state index is 0.00753. The van der Waals surface area contributed by atoms with Crippen LogP contribution in [0.2, 0.25) is 0 Å². The SMILES string of the molecule is C1CCOC1.CC(C)(C)C1=NCC(N)=C1.CCN(CC)CC.COCCOc1cc2nccc(Oc3ccc(CC(=O)CC4=CC(C(C)(C)C)=NC4)cc3)c2cc1NC(C)=O.COCCOc1cc2nccc(Oc3ccc(CC(=O)Oc4ccccc4)cc3)c2cc1NC(C)=O.O=C(Cl)Oc1ccccc1.[2H]CF. The summed E-state index contributed by atoms with van der Waals surface area (Å²) < 4.78 is 64.3. The number of aliphatic imine (C=N–C) groups is 2. The first kappa shape index (κ1) is 87.5. The molecule has 109 heavy (non-hydrogen) atoms. The number of aromatic nitrogens is 2. The van der Waals surface area contributed by atoms with Gasteiger partial charge in [0.15, 0.2) is 0 Å². The summed E-state index contributed by atoms with van der Waals surface area (Å²) in [6.07, 6.45) is 10.8. The van der Waals surface area contributed by atoms with Crippen LogP contribution in [0.25, 0.3) is 21.8 Å². The Bertz CT molecular complexity index is 4300. The van der Waals surface area contributed by atoms with Crippen LogP contribution in [-0.2, 0) is 46.2 Å². The van der Waals surface area contributed by atoms with E-state index >= 15 is 0 Å². The molecule has 0 atom stereocenters. The number of para-hydroxylation sites is 2. The fraction of sp³-hybridized carbons (Fsp3) is 0.376. The van der Waals surface area contributed by atoms with E-state index in [0.29, 0.717) is 126 Å². The third-order valence-corrected chi connectivity index (χ3v) is 16.0. The standard InChI is InChI=1S/C31H35N3O5.C28H26N2O6.C8H14N2.C7H5ClO2.C6H15N.C4H8O.CH3F/c1-20(35)34-27-17-25-26(18-29(27)38-13-12-37-5)32-11-10-28(25)39-24-8-6-21(7-9-24)14-23(36)15-22-16-30(33-19-22)31(2,3)4;1-19(31)30-25-17-23-24(18-27(25)34-15-14-33-2)29-13-12-26(23)35-22-10-8-20(9-11-22)16-28(32)36-21-6-4-3-5-7-21;1-8(2,3)7-4-6(9)5-10-7;8-7(9)10-6-4-2-1-3-5-6;1-4-7(5-2)6-3;1-2-4-5-3-1;1-2/h6-11,16-18H,12-15,19H2,1-5H3,(H,34,35);3-13,17-18H,14-16H2,1-2H3,(H,30,31);4H,5,9H2,1-3H3;1-5H;4-6H2,1-3H3;1-4H2;1H3/i;;;;;;1D. The van der Waals surface area contributed by atoms with Crippen LogP contribution in [0.1, 0.15) is 108 Å². The van der Waals surface area contributed by atoms with Gasteiger partial charge in [-0.15, -0.1) is 0 Å². The number of carbonyl (C=O) groups excluding carboxylic acids is 5. The molecule has 4 N–H and O–H groups in total. The van der Waals surface area contributed by atoms with Crippen molar-refractivity contribution < 1.29 is 72.4 Å². The number of nitrogens with one attached hydrogen (secondary N) is 2. The van der Waals surface area contributed by atoms with Crippen molar-refractivity contribution in [1.29, 1.82) is 0 Å². The van der Waals surface area contributed by atoms with Crippen molar-refractivity contribution in [2.24, 2.45) is 26.5 Å². The van der Waals surface area contributed by atoms with Crippen LogP contribution in [0.5, 0.6) is 46.0 Å². The highest BCUT2D eigenvalue weighted by molar-refractivity contribution is 6.61. The number of allylic oxidation sites excluding steroid dienone is 2. The highest BCUT2D eigenvalue weighted by Crippen LogP contribution is 2.38. The summed E-state index contributed by atoms with van der Waals surface area (Å²) in [5.41, 5.74) is 13.1. The van der Waals surface area contributed by atoms with Crippen LogP contribution >= 0.6 is 11.6 Å². The molecule has 2 amide bonds. The minimum atomic E-state index is -1.00. The largest absolute Gasteiger partial charge is 0.489 e. The molecule has 22 nitrogen and oxygen atoms in total. The van der Waals surface area contributed by atoms with E-state index in [-0.39, 0.29) is 40.8 Å². The summed E-state index contributed by atoms with van der Waals surface area (Å²) >= 11 is 4.95. The maximum absolute atomic E-state index is 12.7. The predicted octanol–water partition coefficient (Wildman–Crippen LogP) is 17.6. The highest BCUT2D eigenvalue weighted by Gasteiger charge is 2.23. The lowest BCUT2D eigenvalue weighted by atomic mass is 9.89. The maximum atomic E-state index is 12.7. The monoisotopic (exact) mass is 1520 g/mol. The van der Waals surface area contributed by atoms with E-state index in [1.54, 1.807) is 112 Å². The third-order valence-electron chi connectivity index (χ3n) is 16.0. The van der Waals surface area contributed by atoms with E-state index in [0.717, 1.165) is 52.4 Å². The lowest BCUT2D eigenvalue weighted by Gasteiger charge is -2.16. The summed E-state index contributed by atoms with van der Waals surface area (Å²) in [7, 11) is 2.19. The molecule has 3 aliphatic heterocycles. The zero-order valence-corrected chi connectivity index (χ0v) is 65.7. The Kier molecular flexibility index (Phi) is 38.0. The van der Waals surface area contributed by atoms with Gasteiger partial charge in [0.1, 0.15) is 65.0 Å². The average Bonchev–Trinajstić information content (AvgIpc) is 0.880. The minimum Gasteiger partial charge on any atom is -0.489 e. The average molecular weight is 1520 g/mol. The Balaban J connectivity index is 0.000000274. The van der Waals surface area contributed by atoms with E-state index in [2.05, 4.69) is 109 Å². The van der Waals surface area contributed by atoms with Gasteiger partial charge in [0, 0.05) is 129 Å². The van der Waals surface area contributed by atoms with Crippen molar-refractivity contribution in [3.8, 4) is 46.0 Å². The molecule has 0 saturated carbocycles. The molecule has 11 rings (SSSR count). The van der Waals surface area contributed by atoms with Crippen LogP contribution in [0.15, 0.2) is 191 Å². The molecule has 0 aliphatic carbocycles. The number of Topliss-reactive ketones (excluding diaryl/α,β-unsaturated/α-hetero) is 1. The number of hydrogen-bond acceptors (Lipinski definition) is 20. The number of nitrogens with zero attached hydrogens (tertiary/aromatic N) is 5. The number of anilines is 2. The number of fused-ring (bicyclic) bond motifs is 2. The van der Waals surface area contributed by atoms with E-state index in [1.165, 1.54) is 46.3 Å². The first-order valence-corrected chi connectivity index (χ1v) is 36.3. The Labute approximate surface area is 647 Å². The third kappa shape index (κ3) is 32.9. The molecule has 24 heteroatoms. The van der Waals surface area contributed by atoms with Crippen LogP contribution in [-0.4, -0.2) is 149 Å². The van der Waals surface area contributed by atoms with Gasteiger partial charge in [-0.1, -0.05) is 123 Å². The summed E-state index contributed by atoms with van der Waals surface area (Å²) in [5, 5.41) is 7.04. The highest BCUT2D eigenvalue weighted by atomic mass is 35.5. The van der Waals surface area contributed by atoms with Gasteiger partial charge in [-0.05, 0) is 134 Å². The van der Waals surface area contributed by atoms with Crippen LogP contribution in [0.4, 0.5) is 20.6 Å². The van der Waals surface area contributed by atoms with Gasteiger partial charge in [-0.25, -0.2) is 4.79 Å². The lowest BCUT2D eigenvalue weighted by Crippen LogP contribution is -2.21. The molecule has 1 saturated heterocycles. The van der Waals surface area contributed by atoms with Gasteiger partial charge >= 0.3 is 11.4 Å². The zero-order chi connectivity index (χ0) is 80.4. The number of alkyl halides is 1. The topological polar surface area (TPSA) is 272 Å². The van der Waals surface area contributed by atoms with Crippen LogP contribution in [0.3, 0.4) is 0 Å². The molecule has 0 bridgehead atoms. The second-order valence-electron chi connectivity index (χ2n) is 26.8. The van der Waals surface area contributed by atoms with Crippen molar-refractivity contribution in [3.05, 3.63) is 193 Å². The number of esters is 1. The number of nitrogens with two attached hydrogens (primary N) is 1. The number of methoxy groups -OCH3 is 2. The Hall–Kier alpha value is -10.4. The molecule has 584 valence electrons. The van der Waals surface area contributed by atoms with E-state index in [4.69, 9.17) is 56.6 Å². The van der Waals surface area contributed by atoms with Crippen LogP contribution < -0.4 is 44.8 Å². The summed E-state index contributed by atoms with van der Waals surface area (Å²) in [5.74, 6) is 3.71. The molecule has 0 unspecified atom stereocenters. The van der Waals surface area contributed by atoms with Gasteiger partial charge in [0.05, 0.1) is 63.7 Å². The molecule has 0 radical (unpaired) electrons. The number of hydrogen-bond donors (Lipinski definition) is 3.